The van der Waals surface area contributed by atoms with Crippen LogP contribution in [0.25, 0.3) is 0 Å². The maximum absolute atomic E-state index is 12.4. The number of carbonyl (C=O) groups is 1. The van der Waals surface area contributed by atoms with Crippen molar-refractivity contribution < 1.29 is 9.32 Å². The van der Waals surface area contributed by atoms with Crippen molar-refractivity contribution in [3.63, 3.8) is 0 Å². The van der Waals surface area contributed by atoms with Gasteiger partial charge in [0, 0.05) is 44.6 Å². The molecule has 0 atom stereocenters. The van der Waals surface area contributed by atoms with Crippen molar-refractivity contribution in [2.24, 2.45) is 5.41 Å². The summed E-state index contributed by atoms with van der Waals surface area (Å²) in [5.74, 6) is 0.232. The Bertz CT molecular complexity index is 733. The average molecular weight is 358 g/mol. The Hall–Kier alpha value is -2.22. The zero-order valence-corrected chi connectivity index (χ0v) is 15.3. The third kappa shape index (κ3) is 3.65. The van der Waals surface area contributed by atoms with E-state index in [9.17, 15) is 4.79 Å². The van der Waals surface area contributed by atoms with Crippen molar-refractivity contribution in [3.05, 3.63) is 29.4 Å². The van der Waals surface area contributed by atoms with Gasteiger partial charge in [-0.15, -0.1) is 0 Å². The highest BCUT2D eigenvalue weighted by atomic mass is 16.5. The third-order valence-electron chi connectivity index (χ3n) is 5.98. The molecule has 1 N–H and O–H groups in total. The number of amides is 1. The first-order valence-electron chi connectivity index (χ1n) is 9.38. The predicted molar refractivity (Wildman–Crippen MR) is 94.1 cm³/mol. The Morgan fingerprint density at radius 2 is 2.12 bits per heavy atom. The molecule has 4 heterocycles. The summed E-state index contributed by atoms with van der Waals surface area (Å²) in [6, 6.07) is 0. The van der Waals surface area contributed by atoms with Crippen molar-refractivity contribution in [2.45, 2.75) is 45.6 Å². The molecule has 2 aliphatic heterocycles. The first-order valence-corrected chi connectivity index (χ1v) is 9.38. The van der Waals surface area contributed by atoms with Crippen LogP contribution in [0.3, 0.4) is 0 Å². The molecule has 2 fully saturated rings. The molecule has 0 aliphatic carbocycles. The zero-order chi connectivity index (χ0) is 18.0. The number of aromatic amines is 1. The molecule has 0 bridgehead atoms. The fourth-order valence-electron chi connectivity index (χ4n) is 4.21. The molecular weight excluding hydrogens is 332 g/mol. The highest BCUT2D eigenvalue weighted by Gasteiger charge is 2.41. The van der Waals surface area contributed by atoms with Crippen molar-refractivity contribution in [3.8, 4) is 0 Å². The van der Waals surface area contributed by atoms with Gasteiger partial charge < -0.3 is 9.42 Å². The van der Waals surface area contributed by atoms with Crippen molar-refractivity contribution in [1.29, 1.82) is 0 Å². The molecule has 2 aromatic heterocycles. The second-order valence-electron chi connectivity index (χ2n) is 7.75. The molecule has 1 amide bonds. The van der Waals surface area contributed by atoms with E-state index in [4.69, 9.17) is 4.52 Å². The second-order valence-corrected chi connectivity index (χ2v) is 7.75. The first-order chi connectivity index (χ1) is 12.6. The number of carbonyl (C=O) groups excluding carboxylic acids is 1. The summed E-state index contributed by atoms with van der Waals surface area (Å²) >= 11 is 0. The molecule has 2 aliphatic rings. The molecule has 140 valence electrons. The van der Waals surface area contributed by atoms with Gasteiger partial charge in [-0.1, -0.05) is 5.16 Å². The lowest BCUT2D eigenvalue weighted by Gasteiger charge is -2.39. The Kier molecular flexibility index (Phi) is 4.76. The molecular formula is C18H26N6O2. The van der Waals surface area contributed by atoms with E-state index in [0.717, 1.165) is 62.5 Å². The van der Waals surface area contributed by atoms with Crippen molar-refractivity contribution >= 4 is 5.91 Å². The SMILES string of the molecule is Cc1conc1CN1CCC2(CCN(C(=O)CCc3cn[nH]n3)CC2)C1. The largest absolute Gasteiger partial charge is 0.364 e. The quantitative estimate of drug-likeness (QED) is 0.872. The normalized spacial score (nSPS) is 20.1. The van der Waals surface area contributed by atoms with Crippen LogP contribution in [0, 0.1) is 12.3 Å². The summed E-state index contributed by atoms with van der Waals surface area (Å²) in [6.07, 6.45) is 7.96. The number of hydrogen-bond acceptors (Lipinski definition) is 6. The summed E-state index contributed by atoms with van der Waals surface area (Å²) in [5, 5.41) is 14.5. The van der Waals surface area contributed by atoms with Crippen LogP contribution in [0.2, 0.25) is 0 Å². The number of H-pyrrole nitrogens is 1. The number of aryl methyl sites for hydroxylation is 2. The topological polar surface area (TPSA) is 91.2 Å². The minimum atomic E-state index is 0.232. The van der Waals surface area contributed by atoms with Crippen molar-refractivity contribution in [2.75, 3.05) is 26.2 Å². The van der Waals surface area contributed by atoms with Crippen LogP contribution in [-0.2, 0) is 17.8 Å². The van der Waals surface area contributed by atoms with Crippen molar-refractivity contribution in [1.82, 2.24) is 30.4 Å². The van der Waals surface area contributed by atoms with Crippen LogP contribution >= 0.6 is 0 Å². The minimum absolute atomic E-state index is 0.232. The fourth-order valence-corrected chi connectivity index (χ4v) is 4.21. The van der Waals surface area contributed by atoms with Gasteiger partial charge in [-0.05, 0) is 38.1 Å². The molecule has 2 aromatic rings. The van der Waals surface area contributed by atoms with Crippen LogP contribution in [0.15, 0.2) is 17.0 Å². The molecule has 1 spiro atoms. The zero-order valence-electron chi connectivity index (χ0n) is 15.3. The lowest BCUT2D eigenvalue weighted by molar-refractivity contribution is -0.133. The fraction of sp³-hybridized carbons (Fsp3) is 0.667. The van der Waals surface area contributed by atoms with Gasteiger partial charge in [-0.25, -0.2) is 0 Å². The molecule has 0 aromatic carbocycles. The van der Waals surface area contributed by atoms with Gasteiger partial charge in [-0.3, -0.25) is 9.69 Å². The number of nitrogens with zero attached hydrogens (tertiary/aromatic N) is 5. The Balaban J connectivity index is 1.25. The smallest absolute Gasteiger partial charge is 0.222 e. The maximum atomic E-state index is 12.4. The standard InChI is InChI=1S/C18H26N6O2/c1-14-12-26-21-16(14)11-23-7-4-18(13-23)5-8-24(9-6-18)17(25)3-2-15-10-19-22-20-15/h10,12H,2-9,11,13H2,1H3,(H,19,20,22). The maximum Gasteiger partial charge on any atom is 0.222 e. The van der Waals surface area contributed by atoms with E-state index in [2.05, 4.69) is 25.5 Å². The molecule has 4 rings (SSSR count). The number of rotatable bonds is 5. The van der Waals surface area contributed by atoms with Crippen LogP contribution in [0.5, 0.6) is 0 Å². The number of nitrogens with one attached hydrogen (secondary N) is 1. The predicted octanol–water partition coefficient (Wildman–Crippen LogP) is 1.55. The van der Waals surface area contributed by atoms with E-state index in [1.165, 1.54) is 6.42 Å². The number of aromatic nitrogens is 4. The minimum Gasteiger partial charge on any atom is -0.364 e. The van der Waals surface area contributed by atoms with Crippen LogP contribution in [-0.4, -0.2) is 62.5 Å². The van der Waals surface area contributed by atoms with Gasteiger partial charge in [0.05, 0.1) is 11.9 Å². The van der Waals surface area contributed by atoms with Crippen LogP contribution < -0.4 is 0 Å². The highest BCUT2D eigenvalue weighted by molar-refractivity contribution is 5.76. The van der Waals surface area contributed by atoms with E-state index in [0.29, 0.717) is 18.3 Å². The average Bonchev–Trinajstić information content (AvgIpc) is 3.38. The van der Waals surface area contributed by atoms with Gasteiger partial charge in [0.1, 0.15) is 12.0 Å². The van der Waals surface area contributed by atoms with Gasteiger partial charge in [0.2, 0.25) is 5.91 Å². The van der Waals surface area contributed by atoms with Crippen LogP contribution in [0.1, 0.15) is 42.6 Å². The van der Waals surface area contributed by atoms with E-state index in [1.807, 2.05) is 11.8 Å². The monoisotopic (exact) mass is 358 g/mol. The van der Waals surface area contributed by atoms with E-state index in [1.54, 1.807) is 12.5 Å². The number of hydrogen-bond donors (Lipinski definition) is 1. The number of likely N-dealkylation sites (tertiary alicyclic amines) is 2. The molecule has 0 unspecified atom stereocenters. The summed E-state index contributed by atoms with van der Waals surface area (Å²) in [7, 11) is 0. The Morgan fingerprint density at radius 3 is 2.81 bits per heavy atom. The first kappa shape index (κ1) is 17.2. The summed E-state index contributed by atoms with van der Waals surface area (Å²) in [6.45, 7) is 6.85. The van der Waals surface area contributed by atoms with E-state index < -0.39 is 0 Å². The summed E-state index contributed by atoms with van der Waals surface area (Å²) in [5.41, 5.74) is 3.38. The summed E-state index contributed by atoms with van der Waals surface area (Å²) in [4.78, 5) is 17.0. The summed E-state index contributed by atoms with van der Waals surface area (Å²) < 4.78 is 5.05. The Labute approximate surface area is 152 Å². The van der Waals surface area contributed by atoms with E-state index in [-0.39, 0.29) is 5.91 Å². The second kappa shape index (κ2) is 7.19. The lowest BCUT2D eigenvalue weighted by atomic mass is 9.77. The molecule has 0 radical (unpaired) electrons. The molecule has 2 saturated heterocycles. The molecule has 26 heavy (non-hydrogen) atoms. The number of piperidine rings is 1. The van der Waals surface area contributed by atoms with Gasteiger partial charge in [0.25, 0.3) is 0 Å². The highest BCUT2D eigenvalue weighted by Crippen LogP contribution is 2.41. The molecule has 0 saturated carbocycles. The third-order valence-corrected chi connectivity index (χ3v) is 5.98. The van der Waals surface area contributed by atoms with Gasteiger partial charge in [-0.2, -0.15) is 15.4 Å². The molecule has 8 nitrogen and oxygen atoms in total. The van der Waals surface area contributed by atoms with Gasteiger partial charge in [0.15, 0.2) is 0 Å². The van der Waals surface area contributed by atoms with Crippen LogP contribution in [0.4, 0.5) is 0 Å². The molecule has 8 heteroatoms. The van der Waals surface area contributed by atoms with Gasteiger partial charge >= 0.3 is 0 Å². The lowest BCUT2D eigenvalue weighted by Crippen LogP contribution is -2.44. The Morgan fingerprint density at radius 1 is 1.31 bits per heavy atom. The van der Waals surface area contributed by atoms with E-state index >= 15 is 0 Å².